The van der Waals surface area contributed by atoms with Gasteiger partial charge in [0.2, 0.25) is 0 Å². The van der Waals surface area contributed by atoms with Gasteiger partial charge in [-0.05, 0) is 40.6 Å². The summed E-state index contributed by atoms with van der Waals surface area (Å²) >= 11 is 6.27. The van der Waals surface area contributed by atoms with Crippen molar-refractivity contribution in [2.45, 2.75) is 6.61 Å². The Kier molecular flexibility index (Phi) is 3.94. The van der Waals surface area contributed by atoms with Crippen LogP contribution in [0.2, 0.25) is 5.02 Å². The van der Waals surface area contributed by atoms with Gasteiger partial charge in [-0.1, -0.05) is 35.9 Å². The van der Waals surface area contributed by atoms with Gasteiger partial charge in [0.25, 0.3) is 0 Å². The summed E-state index contributed by atoms with van der Waals surface area (Å²) in [6.45, 7) is -0.432. The van der Waals surface area contributed by atoms with Gasteiger partial charge in [-0.15, -0.1) is 0 Å². The van der Waals surface area contributed by atoms with E-state index in [1.54, 1.807) is 30.3 Å². The van der Waals surface area contributed by atoms with Gasteiger partial charge in [0, 0.05) is 16.1 Å². The summed E-state index contributed by atoms with van der Waals surface area (Å²) in [6.07, 6.45) is 0. The number of aliphatic hydroxyl groups is 1. The van der Waals surface area contributed by atoms with Crippen molar-refractivity contribution in [3.8, 4) is 16.9 Å². The lowest BCUT2D eigenvalue weighted by molar-refractivity contribution is 0.0693. The molecule has 116 valence electrons. The van der Waals surface area contributed by atoms with Crippen LogP contribution in [0.25, 0.3) is 21.9 Å². The number of hydrogen-bond donors (Lipinski definition) is 3. The molecule has 0 saturated carbocycles. The highest BCUT2D eigenvalue weighted by molar-refractivity contribution is 6.34. The molecule has 3 aromatic carbocycles. The summed E-state index contributed by atoms with van der Waals surface area (Å²) in [4.78, 5) is 11.6. The number of phenols is 1. The number of rotatable bonds is 3. The standard InChI is InChI=1S/C18H13ClO4/c19-16-4-2-1-3-13(16)17-12-6-5-11(21)7-10(12)8-14(18(22)23)15(17)9-20/h1-8,20-21H,9H2,(H,22,23). The van der Waals surface area contributed by atoms with Crippen LogP contribution < -0.4 is 0 Å². The van der Waals surface area contributed by atoms with E-state index >= 15 is 0 Å². The third-order valence-electron chi connectivity index (χ3n) is 3.76. The second kappa shape index (κ2) is 5.91. The molecule has 5 heteroatoms. The number of halogens is 1. The van der Waals surface area contributed by atoms with Gasteiger partial charge in [0.05, 0.1) is 12.2 Å². The molecule has 0 aromatic heterocycles. The molecule has 0 saturated heterocycles. The Morgan fingerprint density at radius 3 is 2.48 bits per heavy atom. The van der Waals surface area contributed by atoms with E-state index in [9.17, 15) is 20.1 Å². The Hall–Kier alpha value is -2.56. The van der Waals surface area contributed by atoms with Crippen molar-refractivity contribution in [3.63, 3.8) is 0 Å². The minimum absolute atomic E-state index is 0.0134. The molecule has 0 aliphatic rings. The SMILES string of the molecule is O=C(O)c1cc2cc(O)ccc2c(-c2ccccc2Cl)c1CO. The number of aromatic carboxylic acids is 1. The highest BCUT2D eigenvalue weighted by atomic mass is 35.5. The van der Waals surface area contributed by atoms with E-state index in [1.165, 1.54) is 18.2 Å². The first-order valence-electron chi connectivity index (χ1n) is 6.90. The van der Waals surface area contributed by atoms with Crippen LogP contribution in [0.15, 0.2) is 48.5 Å². The molecule has 0 atom stereocenters. The number of phenolic OH excluding ortho intramolecular Hbond substituents is 1. The maximum Gasteiger partial charge on any atom is 0.336 e. The zero-order valence-corrected chi connectivity index (χ0v) is 12.7. The van der Waals surface area contributed by atoms with Gasteiger partial charge in [0.1, 0.15) is 5.75 Å². The largest absolute Gasteiger partial charge is 0.508 e. The molecule has 0 bridgehead atoms. The van der Waals surface area contributed by atoms with Crippen LogP contribution >= 0.6 is 11.6 Å². The molecular formula is C18H13ClO4. The van der Waals surface area contributed by atoms with Gasteiger partial charge >= 0.3 is 5.97 Å². The fourth-order valence-corrected chi connectivity index (χ4v) is 2.99. The van der Waals surface area contributed by atoms with Crippen molar-refractivity contribution in [3.05, 3.63) is 64.7 Å². The third kappa shape index (κ3) is 2.63. The van der Waals surface area contributed by atoms with Crippen LogP contribution in [0, 0.1) is 0 Å². The van der Waals surface area contributed by atoms with Gasteiger partial charge in [0.15, 0.2) is 0 Å². The second-order valence-corrected chi connectivity index (χ2v) is 5.53. The van der Waals surface area contributed by atoms with Crippen molar-refractivity contribution in [1.82, 2.24) is 0 Å². The zero-order chi connectivity index (χ0) is 16.6. The summed E-state index contributed by atoms with van der Waals surface area (Å²) in [5.41, 5.74) is 1.48. The average Bonchev–Trinajstić information content (AvgIpc) is 2.53. The summed E-state index contributed by atoms with van der Waals surface area (Å²) in [7, 11) is 0. The van der Waals surface area contributed by atoms with Crippen molar-refractivity contribution < 1.29 is 20.1 Å². The second-order valence-electron chi connectivity index (χ2n) is 5.13. The summed E-state index contributed by atoms with van der Waals surface area (Å²) in [5, 5.41) is 30.6. The van der Waals surface area contributed by atoms with Gasteiger partial charge < -0.3 is 15.3 Å². The zero-order valence-electron chi connectivity index (χ0n) is 12.0. The number of aliphatic hydroxyl groups excluding tert-OH is 1. The van der Waals surface area contributed by atoms with Crippen LogP contribution in [0.4, 0.5) is 0 Å². The molecule has 0 aliphatic carbocycles. The summed E-state index contributed by atoms with van der Waals surface area (Å²) in [5.74, 6) is -1.11. The molecule has 3 rings (SSSR count). The molecule has 23 heavy (non-hydrogen) atoms. The lowest BCUT2D eigenvalue weighted by Crippen LogP contribution is -2.05. The van der Waals surface area contributed by atoms with Crippen LogP contribution in [0.1, 0.15) is 15.9 Å². The maximum atomic E-state index is 11.6. The molecule has 0 amide bonds. The Labute approximate surface area is 137 Å². The number of carboxylic acids is 1. The van der Waals surface area contributed by atoms with Crippen LogP contribution in [0.3, 0.4) is 0 Å². The molecule has 0 radical (unpaired) electrons. The fourth-order valence-electron chi connectivity index (χ4n) is 2.76. The lowest BCUT2D eigenvalue weighted by Gasteiger charge is -2.16. The number of carbonyl (C=O) groups is 1. The molecule has 3 aromatic rings. The summed E-state index contributed by atoms with van der Waals surface area (Å²) < 4.78 is 0. The van der Waals surface area contributed by atoms with E-state index in [-0.39, 0.29) is 11.3 Å². The molecule has 0 fully saturated rings. The molecule has 0 unspecified atom stereocenters. The minimum atomic E-state index is -1.15. The quantitative estimate of drug-likeness (QED) is 0.677. The lowest BCUT2D eigenvalue weighted by atomic mass is 9.89. The highest BCUT2D eigenvalue weighted by Gasteiger charge is 2.20. The van der Waals surface area contributed by atoms with E-state index < -0.39 is 12.6 Å². The Morgan fingerprint density at radius 2 is 1.83 bits per heavy atom. The Balaban J connectivity index is 2.51. The van der Waals surface area contributed by atoms with E-state index in [0.29, 0.717) is 32.5 Å². The topological polar surface area (TPSA) is 77.8 Å². The molecule has 4 nitrogen and oxygen atoms in total. The average molecular weight is 329 g/mol. The molecule has 0 aliphatic heterocycles. The Bertz CT molecular complexity index is 918. The molecule has 3 N–H and O–H groups in total. The molecule has 0 heterocycles. The number of carboxylic acid groups (broad SMARTS) is 1. The number of hydrogen-bond acceptors (Lipinski definition) is 3. The first-order valence-corrected chi connectivity index (χ1v) is 7.28. The van der Waals surface area contributed by atoms with Gasteiger partial charge in [-0.25, -0.2) is 4.79 Å². The number of fused-ring (bicyclic) bond motifs is 1. The van der Waals surface area contributed by atoms with Gasteiger partial charge in [-0.2, -0.15) is 0 Å². The molecular weight excluding hydrogens is 316 g/mol. The summed E-state index contributed by atoms with van der Waals surface area (Å²) in [6, 6.07) is 13.2. The third-order valence-corrected chi connectivity index (χ3v) is 4.09. The van der Waals surface area contributed by atoms with Gasteiger partial charge in [-0.3, -0.25) is 0 Å². The minimum Gasteiger partial charge on any atom is -0.508 e. The van der Waals surface area contributed by atoms with Crippen molar-refractivity contribution in [1.29, 1.82) is 0 Å². The maximum absolute atomic E-state index is 11.6. The van der Waals surface area contributed by atoms with Crippen LogP contribution in [-0.4, -0.2) is 21.3 Å². The fraction of sp³-hybridized carbons (Fsp3) is 0.0556. The molecule has 0 spiro atoms. The predicted molar refractivity (Wildman–Crippen MR) is 88.9 cm³/mol. The van der Waals surface area contributed by atoms with E-state index in [2.05, 4.69) is 0 Å². The van der Waals surface area contributed by atoms with E-state index in [1.807, 2.05) is 0 Å². The monoisotopic (exact) mass is 328 g/mol. The van der Waals surface area contributed by atoms with Crippen molar-refractivity contribution in [2.24, 2.45) is 0 Å². The number of benzene rings is 3. The Morgan fingerprint density at radius 1 is 1.09 bits per heavy atom. The number of aromatic hydroxyl groups is 1. The van der Waals surface area contributed by atoms with E-state index in [0.717, 1.165) is 0 Å². The first kappa shape index (κ1) is 15.3. The van der Waals surface area contributed by atoms with E-state index in [4.69, 9.17) is 11.6 Å². The first-order chi connectivity index (χ1) is 11.0. The van der Waals surface area contributed by atoms with Crippen LogP contribution in [-0.2, 0) is 6.61 Å². The van der Waals surface area contributed by atoms with Crippen molar-refractivity contribution >= 4 is 28.3 Å². The van der Waals surface area contributed by atoms with Crippen LogP contribution in [0.5, 0.6) is 5.75 Å². The normalized spacial score (nSPS) is 10.9. The van der Waals surface area contributed by atoms with Crippen molar-refractivity contribution in [2.75, 3.05) is 0 Å². The highest BCUT2D eigenvalue weighted by Crippen LogP contribution is 2.39. The predicted octanol–water partition coefficient (Wildman–Crippen LogP) is 4.06. The smallest absolute Gasteiger partial charge is 0.336 e.